The topological polar surface area (TPSA) is 343 Å². The number of nitrogens with one attached hydrogen (secondary N) is 2. The maximum atomic E-state index is 12.4. The minimum atomic E-state index is -0.871. The molecule has 0 fully saturated rings. The molecule has 0 amide bonds. The molecule has 0 unspecified atom stereocenters. The van der Waals surface area contributed by atoms with Crippen molar-refractivity contribution in [1.29, 1.82) is 0 Å². The number of non-ortho nitro benzene ring substituents is 2. The van der Waals surface area contributed by atoms with Crippen LogP contribution < -0.4 is 10.9 Å². The van der Waals surface area contributed by atoms with Crippen LogP contribution in [0.1, 0.15) is 72.9 Å². The van der Waals surface area contributed by atoms with Gasteiger partial charge in [-0.25, -0.2) is 0 Å². The Kier molecular flexibility index (Phi) is 11.8. The number of aryl methyl sites for hydroxylation is 2. The molecule has 0 bridgehead atoms. The van der Waals surface area contributed by atoms with E-state index in [2.05, 4.69) is 21.1 Å². The summed E-state index contributed by atoms with van der Waals surface area (Å²) >= 11 is 0. The Balaban J connectivity index is 1.61. The van der Waals surface area contributed by atoms with E-state index in [9.17, 15) is 71.1 Å². The van der Waals surface area contributed by atoms with Crippen LogP contribution in [0.4, 0.5) is 34.1 Å². The van der Waals surface area contributed by atoms with E-state index in [-0.39, 0.29) is 66.3 Å². The van der Waals surface area contributed by atoms with Gasteiger partial charge in [0.1, 0.15) is 22.9 Å². The zero-order valence-electron chi connectivity index (χ0n) is 34.6. The average Bonchev–Trinajstić information content (AvgIpc) is 3.21. The number of rotatable bonds is 13. The molecule has 0 aliphatic carbocycles. The lowest BCUT2D eigenvalue weighted by Crippen LogP contribution is -2.02. The molecule has 64 heavy (non-hydrogen) atoms. The van der Waals surface area contributed by atoms with Crippen molar-refractivity contribution in [3.05, 3.63) is 122 Å². The van der Waals surface area contributed by atoms with Gasteiger partial charge in [0, 0.05) is 45.2 Å². The number of aromatic hydroxyl groups is 6. The van der Waals surface area contributed by atoms with E-state index in [4.69, 9.17) is 0 Å². The van der Waals surface area contributed by atoms with Crippen LogP contribution in [-0.4, -0.2) is 62.8 Å². The lowest BCUT2D eigenvalue weighted by molar-refractivity contribution is -0.393. The number of nitro groups is 4. The molecule has 0 aromatic heterocycles. The molecule has 0 atom stereocenters. The third-order valence-electron chi connectivity index (χ3n) is 10.5. The normalized spacial score (nSPS) is 11.7. The molecule has 330 valence electrons. The fourth-order valence-corrected chi connectivity index (χ4v) is 7.72. The Morgan fingerprint density at radius 1 is 0.516 bits per heavy atom. The van der Waals surface area contributed by atoms with Crippen molar-refractivity contribution >= 4 is 68.1 Å². The summed E-state index contributed by atoms with van der Waals surface area (Å²) in [6, 6.07) is 8.72. The second kappa shape index (κ2) is 16.9. The van der Waals surface area contributed by atoms with Gasteiger partial charge in [-0.3, -0.25) is 51.3 Å². The summed E-state index contributed by atoms with van der Waals surface area (Å²) in [5, 5.41) is 125. The summed E-state index contributed by atoms with van der Waals surface area (Å²) in [4.78, 5) is 42.7. The van der Waals surface area contributed by atoms with Crippen LogP contribution in [0.5, 0.6) is 34.5 Å². The monoisotopic (exact) mass is 878 g/mol. The molecule has 22 heteroatoms. The van der Waals surface area contributed by atoms with Gasteiger partial charge in [-0.15, -0.1) is 0 Å². The average molecular weight is 879 g/mol. The number of anilines is 2. The molecule has 0 radical (unpaired) electrons. The van der Waals surface area contributed by atoms with Gasteiger partial charge in [0.15, 0.2) is 23.0 Å². The van der Waals surface area contributed by atoms with E-state index in [1.165, 1.54) is 0 Å². The number of hydrogen-bond acceptors (Lipinski definition) is 18. The van der Waals surface area contributed by atoms with Gasteiger partial charge in [0.2, 0.25) is 0 Å². The van der Waals surface area contributed by atoms with Gasteiger partial charge >= 0.3 is 11.4 Å². The standard InChI is InChI=1S/C42H38N8O14/c1-17(2)31-23-11-19(5)33(39(53)35(23)25(37(51)41(31)55)15-43-45-27-9-7-21(47(57)58)13-29(27)49(61)62)34-20(6)12-24-32(18(3)4)42(56)38(52)26(36(24)40(34)54)16-44-46-28-10-8-22(48(59)60)14-30(28)50(63)64/h7-18,45-46,51-56H,1-6H3. The van der Waals surface area contributed by atoms with Crippen LogP contribution in [-0.2, 0) is 0 Å². The summed E-state index contributed by atoms with van der Waals surface area (Å²) in [7, 11) is 0. The molecule has 0 heterocycles. The quantitative estimate of drug-likeness (QED) is 0.0232. The predicted octanol–water partition coefficient (Wildman–Crippen LogP) is 9.28. The third-order valence-corrected chi connectivity index (χ3v) is 10.5. The fraction of sp³-hybridized carbons (Fsp3) is 0.190. The van der Waals surface area contributed by atoms with Crippen molar-refractivity contribution in [3.63, 3.8) is 0 Å². The summed E-state index contributed by atoms with van der Waals surface area (Å²) in [6.07, 6.45) is 1.93. The van der Waals surface area contributed by atoms with Crippen molar-refractivity contribution in [3.8, 4) is 45.6 Å². The molecule has 6 aromatic rings. The number of nitro benzene ring substituents is 4. The van der Waals surface area contributed by atoms with Crippen molar-refractivity contribution in [1.82, 2.24) is 0 Å². The molecule has 0 spiro atoms. The SMILES string of the molecule is Cc1cc2c(C(C)C)c(O)c(O)c(C=NNc3ccc([N+](=O)[O-])cc3[N+](=O)[O-])c2c(O)c1-c1c(C)cc2c(C(C)C)c(O)c(O)c(C=NNc3ccc([N+](=O)[O-])cc3[N+](=O)[O-])c2c1O. The maximum absolute atomic E-state index is 12.4. The molecule has 0 saturated carbocycles. The lowest BCUT2D eigenvalue weighted by Gasteiger charge is -2.23. The summed E-state index contributed by atoms with van der Waals surface area (Å²) in [5.74, 6) is -4.59. The Morgan fingerprint density at radius 2 is 0.859 bits per heavy atom. The Morgan fingerprint density at radius 3 is 1.16 bits per heavy atom. The van der Waals surface area contributed by atoms with Gasteiger partial charge in [0.25, 0.3) is 11.4 Å². The van der Waals surface area contributed by atoms with E-state index >= 15 is 0 Å². The highest BCUT2D eigenvalue weighted by Crippen LogP contribution is 2.54. The van der Waals surface area contributed by atoms with Crippen molar-refractivity contribution in [2.45, 2.75) is 53.4 Å². The highest BCUT2D eigenvalue weighted by molar-refractivity contribution is 6.15. The largest absolute Gasteiger partial charge is 0.507 e. The lowest BCUT2D eigenvalue weighted by atomic mass is 9.83. The third kappa shape index (κ3) is 7.69. The minimum Gasteiger partial charge on any atom is -0.507 e. The molecular weight excluding hydrogens is 841 g/mol. The number of phenols is 6. The highest BCUT2D eigenvalue weighted by Gasteiger charge is 2.30. The van der Waals surface area contributed by atoms with Gasteiger partial charge in [-0.2, -0.15) is 10.2 Å². The number of benzene rings is 6. The van der Waals surface area contributed by atoms with Crippen LogP contribution in [0.3, 0.4) is 0 Å². The summed E-state index contributed by atoms with van der Waals surface area (Å²) in [6.45, 7) is 10.1. The van der Waals surface area contributed by atoms with Crippen molar-refractivity contribution < 1.29 is 50.3 Å². The Bertz CT molecular complexity index is 2870. The highest BCUT2D eigenvalue weighted by atomic mass is 16.6. The maximum Gasteiger partial charge on any atom is 0.301 e. The molecule has 0 aliphatic rings. The van der Waals surface area contributed by atoms with Crippen LogP contribution in [0.25, 0.3) is 32.7 Å². The minimum absolute atomic E-state index is 0.000933. The number of hydrazone groups is 2. The van der Waals surface area contributed by atoms with E-state index in [1.54, 1.807) is 53.7 Å². The Hall–Kier alpha value is -8.82. The second-order valence-corrected chi connectivity index (χ2v) is 15.2. The van der Waals surface area contributed by atoms with Crippen LogP contribution in [0.2, 0.25) is 0 Å². The molecule has 22 nitrogen and oxygen atoms in total. The van der Waals surface area contributed by atoms with E-state index in [0.717, 1.165) is 48.8 Å². The van der Waals surface area contributed by atoms with Gasteiger partial charge in [-0.1, -0.05) is 39.8 Å². The first-order valence-electron chi connectivity index (χ1n) is 19.0. The van der Waals surface area contributed by atoms with Gasteiger partial charge in [0.05, 0.1) is 55.4 Å². The molecule has 0 aliphatic heterocycles. The predicted molar refractivity (Wildman–Crippen MR) is 236 cm³/mol. The summed E-state index contributed by atoms with van der Waals surface area (Å²) < 4.78 is 0. The van der Waals surface area contributed by atoms with E-state index in [0.29, 0.717) is 11.1 Å². The van der Waals surface area contributed by atoms with Crippen molar-refractivity contribution in [2.24, 2.45) is 10.2 Å². The van der Waals surface area contributed by atoms with E-state index < -0.39 is 88.8 Å². The van der Waals surface area contributed by atoms with Gasteiger partial charge < -0.3 is 30.6 Å². The zero-order valence-corrected chi connectivity index (χ0v) is 34.6. The van der Waals surface area contributed by atoms with E-state index in [1.807, 2.05) is 0 Å². The first-order chi connectivity index (χ1) is 30.1. The first kappa shape index (κ1) is 44.7. The van der Waals surface area contributed by atoms with Crippen LogP contribution >= 0.6 is 0 Å². The van der Waals surface area contributed by atoms with Gasteiger partial charge in [-0.05, 0) is 59.7 Å². The Labute approximate surface area is 360 Å². The molecule has 0 saturated heterocycles. The molecule has 8 N–H and O–H groups in total. The molecule has 6 rings (SSSR count). The number of phenolic OH excluding ortho intramolecular Hbond substituents is 6. The summed E-state index contributed by atoms with van der Waals surface area (Å²) in [5.41, 5.74) is 2.32. The fourth-order valence-electron chi connectivity index (χ4n) is 7.72. The molecular formula is C42H38N8O14. The van der Waals surface area contributed by atoms with Crippen LogP contribution in [0, 0.1) is 54.3 Å². The number of nitrogens with zero attached hydrogens (tertiary/aromatic N) is 6. The smallest absolute Gasteiger partial charge is 0.301 e. The van der Waals surface area contributed by atoms with Crippen molar-refractivity contribution in [2.75, 3.05) is 10.9 Å². The number of fused-ring (bicyclic) bond motifs is 2. The second-order valence-electron chi connectivity index (χ2n) is 15.2. The van der Waals surface area contributed by atoms with Crippen LogP contribution in [0.15, 0.2) is 58.7 Å². The zero-order chi connectivity index (χ0) is 47.2. The first-order valence-corrected chi connectivity index (χ1v) is 19.0. The number of hydrogen-bond donors (Lipinski definition) is 8. The molecule has 6 aromatic carbocycles.